The first-order valence-electron chi connectivity index (χ1n) is 4.29. The van der Waals surface area contributed by atoms with Gasteiger partial charge in [-0.25, -0.2) is 9.37 Å². The van der Waals surface area contributed by atoms with Crippen LogP contribution in [-0.2, 0) is 0 Å². The predicted octanol–water partition coefficient (Wildman–Crippen LogP) is 2.86. The first-order chi connectivity index (χ1) is 7.13. The van der Waals surface area contributed by atoms with E-state index in [2.05, 4.69) is 4.98 Å². The molecule has 0 amide bonds. The first-order valence-corrected chi connectivity index (χ1v) is 5.11. The van der Waals surface area contributed by atoms with E-state index in [1.807, 2.05) is 6.92 Å². The third kappa shape index (κ3) is 2.50. The van der Waals surface area contributed by atoms with Crippen molar-refractivity contribution in [3.8, 4) is 0 Å². The Bertz CT molecular complexity index is 464. The molecule has 1 aromatic carbocycles. The third-order valence-corrected chi connectivity index (χ3v) is 2.53. The van der Waals surface area contributed by atoms with Crippen LogP contribution in [0.1, 0.15) is 5.69 Å². The monoisotopic (exact) mass is 224 g/mol. The van der Waals surface area contributed by atoms with Gasteiger partial charge < -0.3 is 10.2 Å². The number of hydrogen-bond acceptors (Lipinski definition) is 4. The Labute approximate surface area is 90.5 Å². The van der Waals surface area contributed by atoms with Crippen LogP contribution in [0.4, 0.5) is 10.1 Å². The van der Waals surface area contributed by atoms with E-state index in [1.165, 1.54) is 23.9 Å². The Morgan fingerprint density at radius 2 is 2.20 bits per heavy atom. The van der Waals surface area contributed by atoms with Gasteiger partial charge in [0.05, 0.1) is 5.69 Å². The van der Waals surface area contributed by atoms with Crippen LogP contribution in [0, 0.1) is 12.7 Å². The van der Waals surface area contributed by atoms with Gasteiger partial charge in [0.15, 0.2) is 0 Å². The molecule has 78 valence electrons. The Kier molecular flexibility index (Phi) is 2.64. The molecule has 0 saturated carbocycles. The molecule has 0 bridgehead atoms. The standard InChI is InChI=1S/C10H9FN2OS/c1-6-5-14-10(13-6)15-9-3-7(11)2-8(12)4-9/h2-5H,12H2,1H3. The zero-order valence-electron chi connectivity index (χ0n) is 8.03. The number of anilines is 1. The molecule has 5 heteroatoms. The minimum atomic E-state index is -0.360. The van der Waals surface area contributed by atoms with Crippen LogP contribution < -0.4 is 5.73 Å². The molecule has 0 radical (unpaired) electrons. The van der Waals surface area contributed by atoms with Crippen LogP contribution in [0.3, 0.4) is 0 Å². The Morgan fingerprint density at radius 3 is 2.80 bits per heavy atom. The summed E-state index contributed by atoms with van der Waals surface area (Å²) in [6.45, 7) is 1.83. The zero-order chi connectivity index (χ0) is 10.8. The second kappa shape index (κ2) is 3.94. The Balaban J connectivity index is 2.24. The van der Waals surface area contributed by atoms with E-state index < -0.39 is 0 Å². The number of nitrogen functional groups attached to an aromatic ring is 1. The number of aryl methyl sites for hydroxylation is 1. The maximum atomic E-state index is 13.0. The highest BCUT2D eigenvalue weighted by Gasteiger charge is 2.05. The highest BCUT2D eigenvalue weighted by molar-refractivity contribution is 7.99. The summed E-state index contributed by atoms with van der Waals surface area (Å²) in [5, 5.41) is 0.484. The molecule has 1 aromatic heterocycles. The lowest BCUT2D eigenvalue weighted by Gasteiger charge is -1.99. The van der Waals surface area contributed by atoms with Crippen molar-refractivity contribution >= 4 is 17.4 Å². The summed E-state index contributed by atoms with van der Waals surface area (Å²) in [6, 6.07) is 4.33. The fourth-order valence-corrected chi connectivity index (χ4v) is 1.98. The smallest absolute Gasteiger partial charge is 0.260 e. The van der Waals surface area contributed by atoms with Gasteiger partial charge in [-0.1, -0.05) is 0 Å². The van der Waals surface area contributed by atoms with Gasteiger partial charge in [0.2, 0.25) is 0 Å². The predicted molar refractivity (Wildman–Crippen MR) is 56.2 cm³/mol. The first kappa shape index (κ1) is 10.0. The molecule has 0 aliphatic heterocycles. The number of nitrogens with two attached hydrogens (primary N) is 1. The van der Waals surface area contributed by atoms with Gasteiger partial charge >= 0.3 is 0 Å². The molecule has 0 aliphatic carbocycles. The molecule has 0 saturated heterocycles. The van der Waals surface area contributed by atoms with Crippen molar-refractivity contribution in [2.24, 2.45) is 0 Å². The number of benzene rings is 1. The molecule has 0 atom stereocenters. The average molecular weight is 224 g/mol. The number of oxazole rings is 1. The largest absolute Gasteiger partial charge is 0.439 e. The van der Waals surface area contributed by atoms with Gasteiger partial charge in [0, 0.05) is 10.6 Å². The molecule has 3 nitrogen and oxygen atoms in total. The van der Waals surface area contributed by atoms with Gasteiger partial charge in [0.1, 0.15) is 12.1 Å². The van der Waals surface area contributed by atoms with E-state index in [9.17, 15) is 4.39 Å². The van der Waals surface area contributed by atoms with E-state index >= 15 is 0 Å². The van der Waals surface area contributed by atoms with E-state index in [1.54, 1.807) is 12.3 Å². The van der Waals surface area contributed by atoms with Gasteiger partial charge in [0.25, 0.3) is 5.22 Å². The van der Waals surface area contributed by atoms with E-state index in [0.29, 0.717) is 15.8 Å². The molecule has 0 fully saturated rings. The molecule has 0 aliphatic rings. The number of hydrogen-bond donors (Lipinski definition) is 1. The topological polar surface area (TPSA) is 52.0 Å². The average Bonchev–Trinajstić information content (AvgIpc) is 2.49. The van der Waals surface area contributed by atoms with Crippen molar-refractivity contribution in [1.82, 2.24) is 4.98 Å². The van der Waals surface area contributed by atoms with Gasteiger partial charge in [-0.05, 0) is 36.9 Å². The molecule has 15 heavy (non-hydrogen) atoms. The lowest BCUT2D eigenvalue weighted by Crippen LogP contribution is -1.87. The molecule has 2 N–H and O–H groups in total. The summed E-state index contributed by atoms with van der Waals surface area (Å²) < 4.78 is 18.1. The van der Waals surface area contributed by atoms with Crippen LogP contribution >= 0.6 is 11.8 Å². The maximum absolute atomic E-state index is 13.0. The summed E-state index contributed by atoms with van der Waals surface area (Å²) >= 11 is 1.24. The van der Waals surface area contributed by atoms with E-state index in [-0.39, 0.29) is 5.82 Å². The molecular weight excluding hydrogens is 215 g/mol. The summed E-state index contributed by atoms with van der Waals surface area (Å²) in [5.41, 5.74) is 6.70. The zero-order valence-corrected chi connectivity index (χ0v) is 8.84. The Hall–Kier alpha value is -1.49. The van der Waals surface area contributed by atoms with E-state index in [4.69, 9.17) is 10.2 Å². The summed E-state index contributed by atoms with van der Waals surface area (Å²) in [7, 11) is 0. The maximum Gasteiger partial charge on any atom is 0.260 e. The lowest BCUT2D eigenvalue weighted by atomic mass is 10.3. The minimum absolute atomic E-state index is 0.360. The van der Waals surface area contributed by atoms with Crippen LogP contribution in [0.25, 0.3) is 0 Å². The number of nitrogens with zero attached hydrogens (tertiary/aromatic N) is 1. The molecule has 2 rings (SSSR count). The van der Waals surface area contributed by atoms with Crippen molar-refractivity contribution in [2.45, 2.75) is 17.0 Å². The highest BCUT2D eigenvalue weighted by Crippen LogP contribution is 2.28. The van der Waals surface area contributed by atoms with Crippen LogP contribution in [0.15, 0.2) is 39.0 Å². The number of rotatable bonds is 2. The third-order valence-electron chi connectivity index (χ3n) is 1.70. The fraction of sp³-hybridized carbons (Fsp3) is 0.100. The molecule has 0 spiro atoms. The van der Waals surface area contributed by atoms with Gasteiger partial charge in [-0.2, -0.15) is 0 Å². The summed E-state index contributed by atoms with van der Waals surface area (Å²) in [6.07, 6.45) is 1.55. The van der Waals surface area contributed by atoms with Gasteiger partial charge in [-0.15, -0.1) is 0 Å². The summed E-state index contributed by atoms with van der Waals surface area (Å²) in [4.78, 5) is 4.77. The van der Waals surface area contributed by atoms with Crippen molar-refractivity contribution < 1.29 is 8.81 Å². The van der Waals surface area contributed by atoms with Crippen LogP contribution in [-0.4, -0.2) is 4.98 Å². The van der Waals surface area contributed by atoms with Crippen molar-refractivity contribution in [1.29, 1.82) is 0 Å². The second-order valence-electron chi connectivity index (χ2n) is 3.08. The van der Waals surface area contributed by atoms with Crippen LogP contribution in [0.5, 0.6) is 0 Å². The molecule has 2 aromatic rings. The van der Waals surface area contributed by atoms with Gasteiger partial charge in [-0.3, -0.25) is 0 Å². The van der Waals surface area contributed by atoms with Crippen molar-refractivity contribution in [2.75, 3.05) is 5.73 Å². The molecule has 1 heterocycles. The van der Waals surface area contributed by atoms with Crippen LogP contribution in [0.2, 0.25) is 0 Å². The quantitative estimate of drug-likeness (QED) is 0.797. The van der Waals surface area contributed by atoms with E-state index in [0.717, 1.165) is 5.69 Å². The minimum Gasteiger partial charge on any atom is -0.439 e. The normalized spacial score (nSPS) is 10.5. The lowest BCUT2D eigenvalue weighted by molar-refractivity contribution is 0.454. The SMILES string of the molecule is Cc1coc(Sc2cc(N)cc(F)c2)n1. The molecular formula is C10H9FN2OS. The Morgan fingerprint density at radius 1 is 1.40 bits per heavy atom. The second-order valence-corrected chi connectivity index (χ2v) is 4.10. The van der Waals surface area contributed by atoms with Crippen molar-refractivity contribution in [3.63, 3.8) is 0 Å². The number of halogens is 1. The number of aromatic nitrogens is 1. The fourth-order valence-electron chi connectivity index (χ4n) is 1.12. The molecule has 0 unspecified atom stereocenters. The van der Waals surface area contributed by atoms with Crippen molar-refractivity contribution in [3.05, 3.63) is 36.0 Å². The summed E-state index contributed by atoms with van der Waals surface area (Å²) in [5.74, 6) is -0.360. The highest BCUT2D eigenvalue weighted by atomic mass is 32.2.